The van der Waals surface area contributed by atoms with Crippen LogP contribution in [0, 0.1) is 5.82 Å². The number of hydrogen-bond acceptors (Lipinski definition) is 4. The van der Waals surface area contributed by atoms with Gasteiger partial charge in [0.25, 0.3) is 0 Å². The normalized spacial score (nSPS) is 15.6. The highest BCUT2D eigenvalue weighted by Crippen LogP contribution is 2.14. The minimum absolute atomic E-state index is 0.166. The van der Waals surface area contributed by atoms with Gasteiger partial charge in [0.15, 0.2) is 0 Å². The molecule has 1 aliphatic heterocycles. The fourth-order valence-corrected chi connectivity index (χ4v) is 3.99. The molecular weight excluding hydrogens is 349 g/mol. The van der Waals surface area contributed by atoms with Gasteiger partial charge in [-0.3, -0.25) is 14.6 Å². The van der Waals surface area contributed by atoms with Crippen LogP contribution in [0.3, 0.4) is 0 Å². The Hall–Kier alpha value is -1.76. The molecule has 140 valence electrons. The summed E-state index contributed by atoms with van der Waals surface area (Å²) in [5.41, 5.74) is 0.903. The minimum Gasteiger partial charge on any atom is -0.339 e. The van der Waals surface area contributed by atoms with E-state index < -0.39 is 0 Å². The summed E-state index contributed by atoms with van der Waals surface area (Å²) in [6.07, 6.45) is 0. The predicted octanol–water partition coefficient (Wildman–Crippen LogP) is 3.05. The van der Waals surface area contributed by atoms with Crippen molar-refractivity contribution in [3.8, 4) is 0 Å². The van der Waals surface area contributed by atoms with Gasteiger partial charge in [-0.2, -0.15) is 0 Å². The van der Waals surface area contributed by atoms with Gasteiger partial charge in [0.05, 0.1) is 6.54 Å². The second kappa shape index (κ2) is 9.26. The molecular formula is C20H26FN3OS. The van der Waals surface area contributed by atoms with Crippen LogP contribution in [-0.2, 0) is 17.9 Å². The van der Waals surface area contributed by atoms with Crippen molar-refractivity contribution in [1.29, 1.82) is 0 Å². The molecule has 0 N–H and O–H groups in total. The average Bonchev–Trinajstić information content (AvgIpc) is 3.14. The third kappa shape index (κ3) is 5.37. The number of benzene rings is 1. The summed E-state index contributed by atoms with van der Waals surface area (Å²) >= 11 is 1.78. The van der Waals surface area contributed by atoms with Crippen molar-refractivity contribution in [2.75, 3.05) is 39.3 Å². The van der Waals surface area contributed by atoms with Gasteiger partial charge in [-0.25, -0.2) is 4.39 Å². The molecule has 0 atom stereocenters. The van der Waals surface area contributed by atoms with Crippen molar-refractivity contribution in [3.05, 3.63) is 58.0 Å². The molecule has 2 heterocycles. The van der Waals surface area contributed by atoms with Crippen LogP contribution in [0.2, 0.25) is 0 Å². The maximum Gasteiger partial charge on any atom is 0.236 e. The molecule has 6 heteroatoms. The van der Waals surface area contributed by atoms with E-state index >= 15 is 0 Å². The summed E-state index contributed by atoms with van der Waals surface area (Å²) in [7, 11) is 0. The number of rotatable bonds is 7. The Labute approximate surface area is 158 Å². The van der Waals surface area contributed by atoms with Crippen LogP contribution < -0.4 is 0 Å². The molecule has 0 radical (unpaired) electrons. The van der Waals surface area contributed by atoms with Crippen LogP contribution in [0.1, 0.15) is 17.4 Å². The van der Waals surface area contributed by atoms with Crippen LogP contribution >= 0.6 is 11.3 Å². The molecule has 2 aromatic rings. The SMILES string of the molecule is CCN(CC(=O)N1CCN(Cc2cccs2)CC1)Cc1cccc(F)c1. The summed E-state index contributed by atoms with van der Waals surface area (Å²) in [4.78, 5) is 20.4. The van der Waals surface area contributed by atoms with E-state index in [1.165, 1.54) is 17.0 Å². The van der Waals surface area contributed by atoms with Crippen LogP contribution in [0.4, 0.5) is 4.39 Å². The van der Waals surface area contributed by atoms with E-state index in [9.17, 15) is 9.18 Å². The molecule has 0 bridgehead atoms. The highest BCUT2D eigenvalue weighted by Gasteiger charge is 2.22. The van der Waals surface area contributed by atoms with Gasteiger partial charge in [0.1, 0.15) is 5.82 Å². The number of likely N-dealkylation sites (N-methyl/N-ethyl adjacent to an activating group) is 1. The van der Waals surface area contributed by atoms with Gasteiger partial charge in [0, 0.05) is 44.1 Å². The van der Waals surface area contributed by atoms with Gasteiger partial charge in [0.2, 0.25) is 5.91 Å². The molecule has 1 aromatic heterocycles. The van der Waals surface area contributed by atoms with Crippen molar-refractivity contribution in [1.82, 2.24) is 14.7 Å². The highest BCUT2D eigenvalue weighted by atomic mass is 32.1. The molecule has 0 saturated carbocycles. The standard InChI is InChI=1S/C20H26FN3OS/c1-2-22(14-17-5-3-6-18(21)13-17)16-20(25)24-10-8-23(9-11-24)15-19-7-4-12-26-19/h3-7,12-13H,2,8-11,14-16H2,1H3. The Kier molecular flexibility index (Phi) is 6.77. The van der Waals surface area contributed by atoms with Gasteiger partial charge < -0.3 is 4.90 Å². The van der Waals surface area contributed by atoms with E-state index in [4.69, 9.17) is 0 Å². The zero-order valence-electron chi connectivity index (χ0n) is 15.2. The monoisotopic (exact) mass is 375 g/mol. The van der Waals surface area contributed by atoms with E-state index in [2.05, 4.69) is 27.3 Å². The summed E-state index contributed by atoms with van der Waals surface area (Å²) in [6, 6.07) is 10.8. The van der Waals surface area contributed by atoms with Crippen molar-refractivity contribution >= 4 is 17.2 Å². The Morgan fingerprint density at radius 3 is 2.65 bits per heavy atom. The molecule has 4 nitrogen and oxygen atoms in total. The largest absolute Gasteiger partial charge is 0.339 e. The average molecular weight is 376 g/mol. The van der Waals surface area contributed by atoms with Crippen LogP contribution in [0.15, 0.2) is 41.8 Å². The summed E-state index contributed by atoms with van der Waals surface area (Å²) in [6.45, 7) is 8.14. The Bertz CT molecular complexity index is 699. The second-order valence-corrected chi connectivity index (χ2v) is 7.70. The van der Waals surface area contributed by atoms with E-state index in [0.29, 0.717) is 13.1 Å². The first-order valence-corrected chi connectivity index (χ1v) is 10.0. The van der Waals surface area contributed by atoms with Crippen LogP contribution in [0.5, 0.6) is 0 Å². The quantitative estimate of drug-likeness (QED) is 0.744. The molecule has 1 aromatic carbocycles. The first kappa shape index (κ1) is 19.0. The predicted molar refractivity (Wildman–Crippen MR) is 104 cm³/mol. The number of hydrogen-bond donors (Lipinski definition) is 0. The van der Waals surface area contributed by atoms with Crippen molar-refractivity contribution in [2.24, 2.45) is 0 Å². The highest BCUT2D eigenvalue weighted by molar-refractivity contribution is 7.09. The third-order valence-corrected chi connectivity index (χ3v) is 5.65. The lowest BCUT2D eigenvalue weighted by Crippen LogP contribution is -2.50. The van der Waals surface area contributed by atoms with E-state index in [1.54, 1.807) is 17.4 Å². The third-order valence-electron chi connectivity index (χ3n) is 4.79. The summed E-state index contributed by atoms with van der Waals surface area (Å²) < 4.78 is 13.3. The molecule has 0 unspecified atom stereocenters. The molecule has 1 amide bonds. The Morgan fingerprint density at radius 1 is 1.19 bits per heavy atom. The van der Waals surface area contributed by atoms with E-state index in [0.717, 1.165) is 44.8 Å². The van der Waals surface area contributed by atoms with E-state index in [1.807, 2.05) is 17.9 Å². The van der Waals surface area contributed by atoms with Crippen LogP contribution in [0.25, 0.3) is 0 Å². The number of amides is 1. The fraction of sp³-hybridized carbons (Fsp3) is 0.450. The van der Waals surface area contributed by atoms with Gasteiger partial charge in [-0.1, -0.05) is 25.1 Å². The minimum atomic E-state index is -0.230. The molecule has 0 spiro atoms. The lowest BCUT2D eigenvalue weighted by atomic mass is 10.2. The number of piperazine rings is 1. The maximum absolute atomic E-state index is 13.3. The molecule has 0 aliphatic carbocycles. The smallest absolute Gasteiger partial charge is 0.236 e. The molecule has 26 heavy (non-hydrogen) atoms. The lowest BCUT2D eigenvalue weighted by Gasteiger charge is -2.35. The second-order valence-electron chi connectivity index (χ2n) is 6.67. The molecule has 1 saturated heterocycles. The zero-order chi connectivity index (χ0) is 18.4. The number of thiophene rings is 1. The van der Waals surface area contributed by atoms with Crippen molar-refractivity contribution in [2.45, 2.75) is 20.0 Å². The topological polar surface area (TPSA) is 26.8 Å². The Morgan fingerprint density at radius 2 is 2.00 bits per heavy atom. The molecule has 3 rings (SSSR count). The van der Waals surface area contributed by atoms with E-state index in [-0.39, 0.29) is 11.7 Å². The van der Waals surface area contributed by atoms with Gasteiger partial charge in [-0.15, -0.1) is 11.3 Å². The zero-order valence-corrected chi connectivity index (χ0v) is 16.1. The molecule has 1 aliphatic rings. The first-order chi connectivity index (χ1) is 12.6. The maximum atomic E-state index is 13.3. The van der Waals surface area contributed by atoms with Crippen molar-refractivity contribution in [3.63, 3.8) is 0 Å². The Balaban J connectivity index is 1.46. The number of carbonyl (C=O) groups is 1. The van der Waals surface area contributed by atoms with Gasteiger partial charge >= 0.3 is 0 Å². The van der Waals surface area contributed by atoms with Crippen molar-refractivity contribution < 1.29 is 9.18 Å². The summed E-state index contributed by atoms with van der Waals surface area (Å²) in [5.74, 6) is -0.0641. The first-order valence-electron chi connectivity index (χ1n) is 9.13. The fourth-order valence-electron chi connectivity index (χ4n) is 3.24. The van der Waals surface area contributed by atoms with Crippen LogP contribution in [-0.4, -0.2) is 59.9 Å². The number of carbonyl (C=O) groups excluding carboxylic acids is 1. The molecule has 1 fully saturated rings. The number of halogens is 1. The van der Waals surface area contributed by atoms with Gasteiger partial charge in [-0.05, 0) is 35.7 Å². The number of nitrogens with zero attached hydrogens (tertiary/aromatic N) is 3. The summed E-state index contributed by atoms with van der Waals surface area (Å²) in [5, 5.41) is 2.10. The lowest BCUT2D eigenvalue weighted by molar-refractivity contribution is -0.134.